The Morgan fingerprint density at radius 2 is 1.92 bits per heavy atom. The van der Waals surface area contributed by atoms with Crippen molar-refractivity contribution in [3.63, 3.8) is 0 Å². The summed E-state index contributed by atoms with van der Waals surface area (Å²) in [6, 6.07) is 6.64. The van der Waals surface area contributed by atoms with Crippen LogP contribution < -0.4 is 10.9 Å². The SMILES string of the molecule is CC(C)[C@H](NC(=O)OC(C)(C)C)c1nc2nc3ccccc3c(=O)n2[nH]1. The highest BCUT2D eigenvalue weighted by molar-refractivity contribution is 5.78. The van der Waals surface area contributed by atoms with Crippen molar-refractivity contribution in [2.75, 3.05) is 0 Å². The zero-order chi connectivity index (χ0) is 19.1. The van der Waals surface area contributed by atoms with Gasteiger partial charge in [0.15, 0.2) is 0 Å². The molecule has 26 heavy (non-hydrogen) atoms. The first kappa shape index (κ1) is 17.9. The van der Waals surface area contributed by atoms with Crippen LogP contribution in [0.1, 0.15) is 46.5 Å². The molecular formula is C18H23N5O3. The molecule has 0 bridgehead atoms. The summed E-state index contributed by atoms with van der Waals surface area (Å²) in [5.41, 5.74) is -0.253. The van der Waals surface area contributed by atoms with E-state index in [1.807, 2.05) is 19.9 Å². The van der Waals surface area contributed by atoms with E-state index in [1.165, 1.54) is 4.52 Å². The number of nitrogens with one attached hydrogen (secondary N) is 2. The van der Waals surface area contributed by atoms with Crippen molar-refractivity contribution in [2.45, 2.75) is 46.3 Å². The molecule has 0 radical (unpaired) electrons. The molecule has 0 fully saturated rings. The fourth-order valence-electron chi connectivity index (χ4n) is 2.67. The van der Waals surface area contributed by atoms with Crippen LogP contribution in [-0.2, 0) is 4.74 Å². The van der Waals surface area contributed by atoms with Crippen LogP contribution in [0.3, 0.4) is 0 Å². The lowest BCUT2D eigenvalue weighted by Crippen LogP contribution is -2.37. The number of hydrogen-bond donors (Lipinski definition) is 2. The minimum Gasteiger partial charge on any atom is -0.444 e. The smallest absolute Gasteiger partial charge is 0.408 e. The van der Waals surface area contributed by atoms with Gasteiger partial charge in [0, 0.05) is 0 Å². The Labute approximate surface area is 150 Å². The van der Waals surface area contributed by atoms with E-state index in [0.29, 0.717) is 16.7 Å². The summed E-state index contributed by atoms with van der Waals surface area (Å²) >= 11 is 0. The van der Waals surface area contributed by atoms with Gasteiger partial charge in [-0.1, -0.05) is 26.0 Å². The molecule has 138 valence electrons. The van der Waals surface area contributed by atoms with Gasteiger partial charge >= 0.3 is 6.09 Å². The molecule has 0 aliphatic carbocycles. The lowest BCUT2D eigenvalue weighted by molar-refractivity contribution is 0.0486. The number of amides is 1. The molecule has 8 heteroatoms. The standard InChI is InChI=1S/C18H23N5O3/c1-10(2)13(20-17(25)26-18(3,4)5)14-21-16-19-12-9-7-6-8-11(12)15(24)23(16)22-14/h6-10,13H,1-5H3,(H,20,25)(H,19,21,22)/t13-/m0/s1. The average molecular weight is 357 g/mol. The number of hydrogen-bond acceptors (Lipinski definition) is 5. The van der Waals surface area contributed by atoms with Gasteiger partial charge in [-0.2, -0.15) is 9.50 Å². The van der Waals surface area contributed by atoms with Crippen LogP contribution in [0.4, 0.5) is 4.79 Å². The highest BCUT2D eigenvalue weighted by Gasteiger charge is 2.25. The third-order valence-corrected chi connectivity index (χ3v) is 3.84. The highest BCUT2D eigenvalue weighted by atomic mass is 16.6. The second-order valence-electron chi connectivity index (χ2n) is 7.55. The van der Waals surface area contributed by atoms with Gasteiger partial charge in [0.2, 0.25) is 0 Å². The molecule has 8 nitrogen and oxygen atoms in total. The number of nitrogens with zero attached hydrogens (tertiary/aromatic N) is 3. The normalized spacial score (nSPS) is 13.3. The van der Waals surface area contributed by atoms with E-state index in [4.69, 9.17) is 4.74 Å². The summed E-state index contributed by atoms with van der Waals surface area (Å²) in [5, 5.41) is 6.28. The van der Waals surface area contributed by atoms with Gasteiger partial charge in [-0.25, -0.2) is 9.78 Å². The van der Waals surface area contributed by atoms with Crippen molar-refractivity contribution in [2.24, 2.45) is 5.92 Å². The summed E-state index contributed by atoms with van der Waals surface area (Å²) in [6.07, 6.45) is -0.540. The number of rotatable bonds is 3. The molecule has 3 aromatic rings. The average Bonchev–Trinajstić information content (AvgIpc) is 2.95. The van der Waals surface area contributed by atoms with Crippen molar-refractivity contribution in [1.29, 1.82) is 0 Å². The summed E-state index contributed by atoms with van der Waals surface area (Å²) in [5.74, 6) is 0.735. The van der Waals surface area contributed by atoms with Gasteiger partial charge in [0.05, 0.1) is 16.9 Å². The maximum Gasteiger partial charge on any atom is 0.408 e. The maximum atomic E-state index is 12.6. The van der Waals surface area contributed by atoms with Gasteiger partial charge in [-0.3, -0.25) is 9.89 Å². The number of para-hydroxylation sites is 1. The first-order valence-electron chi connectivity index (χ1n) is 8.52. The van der Waals surface area contributed by atoms with Gasteiger partial charge < -0.3 is 10.1 Å². The van der Waals surface area contributed by atoms with E-state index in [2.05, 4.69) is 20.4 Å². The molecule has 0 spiro atoms. The predicted molar refractivity (Wildman–Crippen MR) is 98.1 cm³/mol. The Kier molecular flexibility index (Phi) is 4.43. The predicted octanol–water partition coefficient (Wildman–Crippen LogP) is 2.79. The van der Waals surface area contributed by atoms with E-state index in [9.17, 15) is 9.59 Å². The molecule has 0 aliphatic heterocycles. The molecule has 1 aromatic carbocycles. The fourth-order valence-corrected chi connectivity index (χ4v) is 2.67. The van der Waals surface area contributed by atoms with Crippen molar-refractivity contribution in [3.8, 4) is 0 Å². The number of benzene rings is 1. The number of alkyl carbamates (subject to hydrolysis) is 1. The van der Waals surface area contributed by atoms with Crippen LogP contribution in [0.25, 0.3) is 16.7 Å². The molecule has 0 saturated heterocycles. The lowest BCUT2D eigenvalue weighted by atomic mass is 10.0. The lowest BCUT2D eigenvalue weighted by Gasteiger charge is -2.24. The van der Waals surface area contributed by atoms with Gasteiger partial charge in [0.1, 0.15) is 11.4 Å². The van der Waals surface area contributed by atoms with Gasteiger partial charge in [0.25, 0.3) is 11.3 Å². The molecule has 2 N–H and O–H groups in total. The molecule has 0 aliphatic rings. The third-order valence-electron chi connectivity index (χ3n) is 3.84. The molecule has 0 unspecified atom stereocenters. The first-order valence-corrected chi connectivity index (χ1v) is 8.52. The summed E-state index contributed by atoms with van der Waals surface area (Å²) < 4.78 is 6.62. The first-order chi connectivity index (χ1) is 12.2. The second-order valence-corrected chi connectivity index (χ2v) is 7.55. The van der Waals surface area contributed by atoms with Gasteiger partial charge in [-0.15, -0.1) is 0 Å². The molecule has 2 heterocycles. The molecule has 2 aromatic heterocycles. The van der Waals surface area contributed by atoms with Gasteiger partial charge in [-0.05, 0) is 38.8 Å². The maximum absolute atomic E-state index is 12.6. The highest BCUT2D eigenvalue weighted by Crippen LogP contribution is 2.20. The number of carbonyl (C=O) groups excluding carboxylic acids is 1. The molecule has 1 amide bonds. The van der Waals surface area contributed by atoms with Crippen LogP contribution in [0, 0.1) is 5.92 Å². The van der Waals surface area contributed by atoms with Crippen LogP contribution in [0.5, 0.6) is 0 Å². The van der Waals surface area contributed by atoms with E-state index in [0.717, 1.165) is 0 Å². The largest absolute Gasteiger partial charge is 0.444 e. The van der Waals surface area contributed by atoms with E-state index >= 15 is 0 Å². The number of H-pyrrole nitrogens is 1. The number of ether oxygens (including phenoxy) is 1. The Hall–Kier alpha value is -2.90. The van der Waals surface area contributed by atoms with E-state index in [1.54, 1.807) is 39.0 Å². The van der Waals surface area contributed by atoms with E-state index < -0.39 is 17.7 Å². The molecule has 1 atom stereocenters. The number of aromatic nitrogens is 4. The summed E-state index contributed by atoms with van der Waals surface area (Å²) in [4.78, 5) is 33.6. The number of fused-ring (bicyclic) bond motifs is 2. The zero-order valence-electron chi connectivity index (χ0n) is 15.5. The van der Waals surface area contributed by atoms with Crippen LogP contribution in [-0.4, -0.2) is 31.3 Å². The third kappa shape index (κ3) is 3.54. The number of carbonyl (C=O) groups is 1. The monoisotopic (exact) mass is 357 g/mol. The Bertz CT molecular complexity index is 1010. The summed E-state index contributed by atoms with van der Waals surface area (Å²) in [6.45, 7) is 9.29. The Morgan fingerprint density at radius 1 is 1.23 bits per heavy atom. The second kappa shape index (κ2) is 6.44. The van der Waals surface area contributed by atoms with E-state index in [-0.39, 0.29) is 17.3 Å². The molecule has 0 saturated carbocycles. The molecular weight excluding hydrogens is 334 g/mol. The van der Waals surface area contributed by atoms with Crippen LogP contribution in [0.15, 0.2) is 29.1 Å². The van der Waals surface area contributed by atoms with Crippen molar-refractivity contribution < 1.29 is 9.53 Å². The fraction of sp³-hybridized carbons (Fsp3) is 0.444. The zero-order valence-corrected chi connectivity index (χ0v) is 15.5. The minimum atomic E-state index is -0.601. The van der Waals surface area contributed by atoms with Crippen molar-refractivity contribution in [3.05, 3.63) is 40.4 Å². The van der Waals surface area contributed by atoms with Crippen LogP contribution in [0.2, 0.25) is 0 Å². The topological polar surface area (TPSA) is 101 Å². The summed E-state index contributed by atoms with van der Waals surface area (Å²) in [7, 11) is 0. The quantitative estimate of drug-likeness (QED) is 0.750. The van der Waals surface area contributed by atoms with Crippen molar-refractivity contribution in [1.82, 2.24) is 24.9 Å². The van der Waals surface area contributed by atoms with Crippen molar-refractivity contribution >= 4 is 22.8 Å². The Morgan fingerprint density at radius 3 is 2.58 bits per heavy atom. The van der Waals surface area contributed by atoms with Crippen LogP contribution >= 0.6 is 0 Å². The Balaban J connectivity index is 2.01. The molecule has 3 rings (SSSR count). The number of aromatic amines is 1. The minimum absolute atomic E-state index is 0.0215.